The molecule has 30 heavy (non-hydrogen) atoms. The second-order valence-electron chi connectivity index (χ2n) is 9.18. The van der Waals surface area contributed by atoms with E-state index in [2.05, 4.69) is 113 Å². The minimum Gasteiger partial charge on any atom is -0.0622 e. The molecule has 0 radical (unpaired) electrons. The fourth-order valence-electron chi connectivity index (χ4n) is 4.97. The number of hydrogen-bond acceptors (Lipinski definition) is 0. The minimum absolute atomic E-state index is 0.0678. The molecule has 4 aromatic rings. The van der Waals surface area contributed by atoms with Gasteiger partial charge in [0.2, 0.25) is 0 Å². The SMILES string of the molecule is Cc1ccc(-c2ccccc2)cc1Cc1cc2c(cc1C)C(C)(C)c1ccccc1-2. The van der Waals surface area contributed by atoms with Gasteiger partial charge in [-0.25, -0.2) is 0 Å². The molecule has 0 aromatic heterocycles. The molecule has 0 saturated heterocycles. The largest absolute Gasteiger partial charge is 0.0622 e. The van der Waals surface area contributed by atoms with E-state index in [1.54, 1.807) is 0 Å². The van der Waals surface area contributed by atoms with Crippen molar-refractivity contribution in [2.45, 2.75) is 39.5 Å². The Bertz CT molecular complexity index is 1240. The fourth-order valence-corrected chi connectivity index (χ4v) is 4.97. The molecule has 1 aliphatic carbocycles. The van der Waals surface area contributed by atoms with E-state index in [-0.39, 0.29) is 5.41 Å². The zero-order chi connectivity index (χ0) is 20.9. The Morgan fingerprint density at radius 3 is 2.07 bits per heavy atom. The van der Waals surface area contributed by atoms with Crippen LogP contribution in [0, 0.1) is 13.8 Å². The lowest BCUT2D eigenvalue weighted by atomic mass is 9.81. The highest BCUT2D eigenvalue weighted by Gasteiger charge is 2.35. The van der Waals surface area contributed by atoms with Gasteiger partial charge in [-0.2, -0.15) is 0 Å². The molecule has 0 N–H and O–H groups in total. The van der Waals surface area contributed by atoms with Gasteiger partial charge < -0.3 is 0 Å². The van der Waals surface area contributed by atoms with E-state index in [0.717, 1.165) is 6.42 Å². The van der Waals surface area contributed by atoms with E-state index >= 15 is 0 Å². The molecule has 0 fully saturated rings. The van der Waals surface area contributed by atoms with Gasteiger partial charge >= 0.3 is 0 Å². The number of hydrogen-bond donors (Lipinski definition) is 0. The van der Waals surface area contributed by atoms with Gasteiger partial charge in [-0.1, -0.05) is 98.8 Å². The zero-order valence-electron chi connectivity index (χ0n) is 18.3. The second kappa shape index (κ2) is 6.99. The third-order valence-electron chi connectivity index (χ3n) is 6.88. The first-order chi connectivity index (χ1) is 14.4. The van der Waals surface area contributed by atoms with Crippen molar-refractivity contribution in [3.63, 3.8) is 0 Å². The summed E-state index contributed by atoms with van der Waals surface area (Å²) in [6, 6.07) is 31.3. The predicted octanol–water partition coefficient (Wildman–Crippen LogP) is 7.87. The van der Waals surface area contributed by atoms with Crippen molar-refractivity contribution >= 4 is 0 Å². The van der Waals surface area contributed by atoms with Crippen molar-refractivity contribution in [1.82, 2.24) is 0 Å². The van der Waals surface area contributed by atoms with Crippen LogP contribution in [0.3, 0.4) is 0 Å². The summed E-state index contributed by atoms with van der Waals surface area (Å²) in [7, 11) is 0. The monoisotopic (exact) mass is 388 g/mol. The van der Waals surface area contributed by atoms with Crippen LogP contribution in [0.2, 0.25) is 0 Å². The third kappa shape index (κ3) is 2.99. The van der Waals surface area contributed by atoms with Crippen LogP contribution in [0.4, 0.5) is 0 Å². The summed E-state index contributed by atoms with van der Waals surface area (Å²) in [4.78, 5) is 0. The van der Waals surface area contributed by atoms with E-state index in [9.17, 15) is 0 Å². The van der Waals surface area contributed by atoms with Gasteiger partial charge in [0.05, 0.1) is 0 Å². The number of benzene rings is 4. The summed E-state index contributed by atoms with van der Waals surface area (Å²) in [5, 5.41) is 0. The first kappa shape index (κ1) is 18.9. The van der Waals surface area contributed by atoms with Gasteiger partial charge in [-0.05, 0) is 75.9 Å². The molecular weight excluding hydrogens is 360 g/mol. The van der Waals surface area contributed by atoms with Crippen LogP contribution < -0.4 is 0 Å². The maximum absolute atomic E-state index is 2.45. The summed E-state index contributed by atoms with van der Waals surface area (Å²) in [6.07, 6.45) is 0.966. The normalized spacial score (nSPS) is 13.7. The van der Waals surface area contributed by atoms with E-state index in [1.807, 2.05) is 0 Å². The van der Waals surface area contributed by atoms with Crippen molar-refractivity contribution in [2.24, 2.45) is 0 Å². The molecule has 0 unspecified atom stereocenters. The first-order valence-corrected chi connectivity index (χ1v) is 10.8. The van der Waals surface area contributed by atoms with Gasteiger partial charge in [0, 0.05) is 5.41 Å². The second-order valence-corrected chi connectivity index (χ2v) is 9.18. The van der Waals surface area contributed by atoms with Gasteiger partial charge in [0.1, 0.15) is 0 Å². The minimum atomic E-state index is 0.0678. The van der Waals surface area contributed by atoms with E-state index in [1.165, 1.54) is 55.6 Å². The summed E-state index contributed by atoms with van der Waals surface area (Å²) < 4.78 is 0. The summed E-state index contributed by atoms with van der Waals surface area (Å²) in [5.74, 6) is 0. The third-order valence-corrected chi connectivity index (χ3v) is 6.88. The molecular formula is C30H28. The Labute approximate surface area is 180 Å². The fraction of sp³-hybridized carbons (Fsp3) is 0.200. The van der Waals surface area contributed by atoms with Crippen LogP contribution in [0.1, 0.15) is 47.2 Å². The molecule has 0 atom stereocenters. The van der Waals surface area contributed by atoms with Crippen molar-refractivity contribution in [2.75, 3.05) is 0 Å². The van der Waals surface area contributed by atoms with Crippen LogP contribution in [-0.2, 0) is 11.8 Å². The molecule has 1 aliphatic rings. The molecule has 0 saturated carbocycles. The average molecular weight is 389 g/mol. The van der Waals surface area contributed by atoms with E-state index in [0.29, 0.717) is 0 Å². The van der Waals surface area contributed by atoms with E-state index < -0.39 is 0 Å². The number of aryl methyl sites for hydroxylation is 2. The van der Waals surface area contributed by atoms with Crippen LogP contribution in [0.25, 0.3) is 22.3 Å². The summed E-state index contributed by atoms with van der Waals surface area (Å²) in [5.41, 5.74) is 13.9. The Morgan fingerprint density at radius 1 is 0.567 bits per heavy atom. The molecule has 0 nitrogen and oxygen atoms in total. The van der Waals surface area contributed by atoms with Gasteiger partial charge in [0.25, 0.3) is 0 Å². The molecule has 0 amide bonds. The van der Waals surface area contributed by atoms with Crippen molar-refractivity contribution in [3.8, 4) is 22.3 Å². The van der Waals surface area contributed by atoms with Gasteiger partial charge in [-0.15, -0.1) is 0 Å². The van der Waals surface area contributed by atoms with Gasteiger partial charge in [-0.3, -0.25) is 0 Å². The molecule has 148 valence electrons. The quantitative estimate of drug-likeness (QED) is 0.335. The van der Waals surface area contributed by atoms with Crippen molar-refractivity contribution in [1.29, 1.82) is 0 Å². The lowest BCUT2D eigenvalue weighted by Crippen LogP contribution is -2.15. The smallest absolute Gasteiger partial charge is 0.0158 e. The number of fused-ring (bicyclic) bond motifs is 3. The lowest BCUT2D eigenvalue weighted by molar-refractivity contribution is 0.659. The van der Waals surface area contributed by atoms with Gasteiger partial charge in [0.15, 0.2) is 0 Å². The molecule has 0 heterocycles. The highest BCUT2D eigenvalue weighted by Crippen LogP contribution is 2.49. The molecule has 5 rings (SSSR count). The summed E-state index contributed by atoms with van der Waals surface area (Å²) >= 11 is 0. The Balaban J connectivity index is 1.58. The van der Waals surface area contributed by atoms with Crippen molar-refractivity contribution in [3.05, 3.63) is 118 Å². The Kier molecular flexibility index (Phi) is 4.40. The number of rotatable bonds is 3. The topological polar surface area (TPSA) is 0 Å². The molecule has 4 aromatic carbocycles. The molecule has 0 spiro atoms. The van der Waals surface area contributed by atoms with Crippen LogP contribution in [0.5, 0.6) is 0 Å². The lowest BCUT2D eigenvalue weighted by Gasteiger charge is -2.22. The standard InChI is InChI=1S/C30H28/c1-20-14-15-23(22-10-6-5-7-11-22)17-24(20)18-25-19-27-26-12-8-9-13-28(26)30(3,4)29(27)16-21(25)2/h5-17,19H,18H2,1-4H3. The average Bonchev–Trinajstić information content (AvgIpc) is 2.97. The van der Waals surface area contributed by atoms with Crippen molar-refractivity contribution < 1.29 is 0 Å². The molecule has 0 bridgehead atoms. The summed E-state index contributed by atoms with van der Waals surface area (Å²) in [6.45, 7) is 9.20. The first-order valence-electron chi connectivity index (χ1n) is 10.8. The Hall–Kier alpha value is -3.12. The maximum Gasteiger partial charge on any atom is 0.0158 e. The zero-order valence-corrected chi connectivity index (χ0v) is 18.3. The van der Waals surface area contributed by atoms with Crippen LogP contribution in [0.15, 0.2) is 84.9 Å². The van der Waals surface area contributed by atoms with E-state index in [4.69, 9.17) is 0 Å². The predicted molar refractivity (Wildman–Crippen MR) is 128 cm³/mol. The highest BCUT2D eigenvalue weighted by molar-refractivity contribution is 5.81. The maximum atomic E-state index is 2.45. The van der Waals surface area contributed by atoms with Crippen LogP contribution in [-0.4, -0.2) is 0 Å². The molecule has 0 aliphatic heterocycles. The Morgan fingerprint density at radius 2 is 1.27 bits per heavy atom. The van der Waals surface area contributed by atoms with Crippen LogP contribution >= 0.6 is 0 Å². The highest BCUT2D eigenvalue weighted by atomic mass is 14.4. The molecule has 0 heteroatoms.